The van der Waals surface area contributed by atoms with E-state index in [1.54, 1.807) is 0 Å². The van der Waals surface area contributed by atoms with Crippen LogP contribution in [0.15, 0.2) is 18.2 Å². The van der Waals surface area contributed by atoms with Crippen molar-refractivity contribution in [2.24, 2.45) is 5.73 Å². The van der Waals surface area contributed by atoms with Crippen LogP contribution in [0.25, 0.3) is 0 Å². The van der Waals surface area contributed by atoms with Crippen LogP contribution in [0.4, 0.5) is 0 Å². The Labute approximate surface area is 107 Å². The second-order valence-corrected chi connectivity index (χ2v) is 5.11. The molecular formula is C14H20N2O2. The van der Waals surface area contributed by atoms with Gasteiger partial charge in [0, 0.05) is 12.1 Å². The zero-order chi connectivity index (χ0) is 12.4. The molecule has 1 aromatic carbocycles. The van der Waals surface area contributed by atoms with E-state index in [0.29, 0.717) is 25.3 Å². The maximum absolute atomic E-state index is 5.76. The second-order valence-electron chi connectivity index (χ2n) is 5.11. The fourth-order valence-corrected chi connectivity index (χ4v) is 2.49. The molecule has 2 aliphatic rings. The highest BCUT2D eigenvalue weighted by atomic mass is 16.6. The van der Waals surface area contributed by atoms with Crippen molar-refractivity contribution in [3.05, 3.63) is 23.8 Å². The smallest absolute Gasteiger partial charge is 0.161 e. The van der Waals surface area contributed by atoms with Crippen LogP contribution in [0.3, 0.4) is 0 Å². The van der Waals surface area contributed by atoms with Gasteiger partial charge in [0.25, 0.3) is 0 Å². The van der Waals surface area contributed by atoms with Gasteiger partial charge in [-0.25, -0.2) is 0 Å². The number of hydrogen-bond donors (Lipinski definition) is 2. The van der Waals surface area contributed by atoms with Crippen molar-refractivity contribution in [1.82, 2.24) is 5.32 Å². The second kappa shape index (κ2) is 5.16. The van der Waals surface area contributed by atoms with Gasteiger partial charge < -0.3 is 20.5 Å². The number of hydrogen-bond acceptors (Lipinski definition) is 4. The minimum absolute atomic E-state index is 0.414. The van der Waals surface area contributed by atoms with E-state index in [0.717, 1.165) is 37.3 Å². The molecule has 4 heteroatoms. The molecule has 3 N–H and O–H groups in total. The van der Waals surface area contributed by atoms with Crippen molar-refractivity contribution >= 4 is 0 Å². The van der Waals surface area contributed by atoms with Gasteiger partial charge in [0.15, 0.2) is 11.5 Å². The molecule has 0 saturated heterocycles. The quantitative estimate of drug-likeness (QED) is 0.837. The van der Waals surface area contributed by atoms with E-state index >= 15 is 0 Å². The van der Waals surface area contributed by atoms with Gasteiger partial charge in [-0.05, 0) is 43.5 Å². The molecule has 1 saturated carbocycles. The Morgan fingerprint density at radius 2 is 1.94 bits per heavy atom. The molecule has 18 heavy (non-hydrogen) atoms. The summed E-state index contributed by atoms with van der Waals surface area (Å²) in [6, 6.07) is 7.24. The number of benzene rings is 1. The summed E-state index contributed by atoms with van der Waals surface area (Å²) in [6.45, 7) is 2.29. The molecule has 0 unspecified atom stereocenters. The lowest BCUT2D eigenvalue weighted by molar-refractivity contribution is 0.171. The minimum Gasteiger partial charge on any atom is -0.486 e. The molecule has 1 aromatic rings. The van der Waals surface area contributed by atoms with E-state index in [1.165, 1.54) is 5.56 Å². The van der Waals surface area contributed by atoms with Gasteiger partial charge in [0.1, 0.15) is 13.2 Å². The fraction of sp³-hybridized carbons (Fsp3) is 0.571. The van der Waals surface area contributed by atoms with Crippen LogP contribution < -0.4 is 20.5 Å². The summed E-state index contributed by atoms with van der Waals surface area (Å²) < 4.78 is 11.1. The van der Waals surface area contributed by atoms with E-state index in [2.05, 4.69) is 17.4 Å². The third-order valence-corrected chi connectivity index (χ3v) is 3.63. The molecular weight excluding hydrogens is 228 g/mol. The van der Waals surface area contributed by atoms with Crippen LogP contribution in [0, 0.1) is 0 Å². The van der Waals surface area contributed by atoms with Gasteiger partial charge in [-0.15, -0.1) is 0 Å². The summed E-state index contributed by atoms with van der Waals surface area (Å²) in [4.78, 5) is 0. The predicted molar refractivity (Wildman–Crippen MR) is 70.1 cm³/mol. The Balaban J connectivity index is 1.50. The van der Waals surface area contributed by atoms with E-state index in [-0.39, 0.29) is 0 Å². The number of ether oxygens (including phenoxy) is 2. The predicted octanol–water partition coefficient (Wildman–Crippen LogP) is 1.08. The topological polar surface area (TPSA) is 56.5 Å². The normalized spacial score (nSPS) is 25.6. The maximum atomic E-state index is 5.76. The molecule has 0 radical (unpaired) electrons. The van der Waals surface area contributed by atoms with Gasteiger partial charge in [-0.1, -0.05) is 6.07 Å². The van der Waals surface area contributed by atoms with Crippen molar-refractivity contribution < 1.29 is 9.47 Å². The lowest BCUT2D eigenvalue weighted by Crippen LogP contribution is -2.48. The molecule has 4 nitrogen and oxygen atoms in total. The van der Waals surface area contributed by atoms with Gasteiger partial charge in [0.2, 0.25) is 0 Å². The Morgan fingerprint density at radius 1 is 1.17 bits per heavy atom. The van der Waals surface area contributed by atoms with E-state index in [4.69, 9.17) is 15.2 Å². The summed E-state index contributed by atoms with van der Waals surface area (Å²) in [5.74, 6) is 1.74. The van der Waals surface area contributed by atoms with Gasteiger partial charge in [0.05, 0.1) is 0 Å². The lowest BCUT2D eigenvalue weighted by atomic mass is 9.87. The van der Waals surface area contributed by atoms with Crippen LogP contribution >= 0.6 is 0 Å². The lowest BCUT2D eigenvalue weighted by Gasteiger charge is -2.33. The summed E-state index contributed by atoms with van der Waals surface area (Å²) in [5.41, 5.74) is 7.04. The minimum atomic E-state index is 0.414. The largest absolute Gasteiger partial charge is 0.486 e. The molecule has 1 heterocycles. The van der Waals surface area contributed by atoms with E-state index < -0.39 is 0 Å². The molecule has 0 spiro atoms. The average molecular weight is 248 g/mol. The molecule has 3 rings (SSSR count). The maximum Gasteiger partial charge on any atom is 0.161 e. The molecule has 0 bridgehead atoms. The average Bonchev–Trinajstić information content (AvgIpc) is 2.36. The van der Waals surface area contributed by atoms with Gasteiger partial charge >= 0.3 is 0 Å². The molecule has 1 aliphatic carbocycles. The number of nitrogens with two attached hydrogens (primary N) is 1. The number of nitrogens with one attached hydrogen (secondary N) is 1. The third-order valence-electron chi connectivity index (χ3n) is 3.63. The molecule has 0 atom stereocenters. The van der Waals surface area contributed by atoms with E-state index in [1.807, 2.05) is 6.07 Å². The number of rotatable bonds is 4. The van der Waals surface area contributed by atoms with Crippen molar-refractivity contribution in [3.63, 3.8) is 0 Å². The fourth-order valence-electron chi connectivity index (χ4n) is 2.49. The standard InChI is InChI=1S/C14H20N2O2/c15-11-8-12(9-11)16-4-3-10-1-2-13-14(7-10)18-6-5-17-13/h1-2,7,11-12,16H,3-6,8-9,15H2. The highest BCUT2D eigenvalue weighted by Gasteiger charge is 2.24. The zero-order valence-electron chi connectivity index (χ0n) is 10.5. The van der Waals surface area contributed by atoms with Gasteiger partial charge in [-0.2, -0.15) is 0 Å². The summed E-state index contributed by atoms with van der Waals surface area (Å²) >= 11 is 0. The van der Waals surface area contributed by atoms with Crippen LogP contribution in [0.1, 0.15) is 18.4 Å². The first-order chi connectivity index (χ1) is 8.81. The molecule has 0 aromatic heterocycles. The van der Waals surface area contributed by atoms with Crippen molar-refractivity contribution in [3.8, 4) is 11.5 Å². The first-order valence-corrected chi connectivity index (χ1v) is 6.69. The highest BCUT2D eigenvalue weighted by molar-refractivity contribution is 5.43. The van der Waals surface area contributed by atoms with Crippen LogP contribution in [0.2, 0.25) is 0 Å². The van der Waals surface area contributed by atoms with Crippen molar-refractivity contribution in [1.29, 1.82) is 0 Å². The van der Waals surface area contributed by atoms with Crippen LogP contribution in [-0.2, 0) is 6.42 Å². The highest BCUT2D eigenvalue weighted by Crippen LogP contribution is 2.30. The third kappa shape index (κ3) is 2.60. The van der Waals surface area contributed by atoms with Crippen molar-refractivity contribution in [2.75, 3.05) is 19.8 Å². The Bertz CT molecular complexity index is 416. The molecule has 1 fully saturated rings. The molecule has 0 amide bonds. The SMILES string of the molecule is NC1CC(NCCc2ccc3c(c2)OCCO3)C1. The molecule has 98 valence electrons. The summed E-state index contributed by atoms with van der Waals surface area (Å²) in [5, 5.41) is 3.53. The monoisotopic (exact) mass is 248 g/mol. The first-order valence-electron chi connectivity index (χ1n) is 6.69. The van der Waals surface area contributed by atoms with Crippen LogP contribution in [0.5, 0.6) is 11.5 Å². The summed E-state index contributed by atoms with van der Waals surface area (Å²) in [7, 11) is 0. The zero-order valence-corrected chi connectivity index (χ0v) is 10.5. The first kappa shape index (κ1) is 11.8. The van der Waals surface area contributed by atoms with Crippen LogP contribution in [-0.4, -0.2) is 31.8 Å². The Hall–Kier alpha value is -1.26. The summed E-state index contributed by atoms with van der Waals surface area (Å²) in [6.07, 6.45) is 3.24. The Morgan fingerprint density at radius 3 is 2.72 bits per heavy atom. The van der Waals surface area contributed by atoms with Crippen molar-refractivity contribution in [2.45, 2.75) is 31.3 Å². The Kier molecular flexibility index (Phi) is 3.39. The number of fused-ring (bicyclic) bond motifs is 1. The molecule has 1 aliphatic heterocycles. The van der Waals surface area contributed by atoms with E-state index in [9.17, 15) is 0 Å². The van der Waals surface area contributed by atoms with Gasteiger partial charge in [-0.3, -0.25) is 0 Å².